The second kappa shape index (κ2) is 14.5. The fourth-order valence-electron chi connectivity index (χ4n) is 12.5. The SMILES string of the molecule is c1ccc(-c2cccc(-c3nc(-c4ccccc4)nc(-c4ccc5c(c4)-c4c(ccc6c4sc4ccccc46)C54c5ccccc5C5(c6ccccc6-c6ccccc65)c5ccccc54)n3)c2)cc1. The number of fused-ring (bicyclic) bond motifs is 20. The average Bonchev–Trinajstić information content (AvgIpc) is 4.06. The summed E-state index contributed by atoms with van der Waals surface area (Å²) in [5.74, 6) is 1.92. The minimum Gasteiger partial charge on any atom is -0.208 e. The Kier molecular flexibility index (Phi) is 8.08. The highest BCUT2D eigenvalue weighted by Crippen LogP contribution is 2.68. The molecule has 0 radical (unpaired) electrons. The van der Waals surface area contributed by atoms with Gasteiger partial charge in [0.25, 0.3) is 0 Å². The minimum atomic E-state index is -0.629. The van der Waals surface area contributed by atoms with E-state index in [0.717, 1.165) is 27.8 Å². The van der Waals surface area contributed by atoms with Crippen LogP contribution in [0.2, 0.25) is 0 Å². The largest absolute Gasteiger partial charge is 0.208 e. The third-order valence-corrected chi connectivity index (χ3v) is 16.4. The van der Waals surface area contributed by atoms with Gasteiger partial charge in [0.05, 0.1) is 10.8 Å². The van der Waals surface area contributed by atoms with Gasteiger partial charge < -0.3 is 0 Å². The molecule has 0 amide bonds. The number of benzene rings is 10. The van der Waals surface area contributed by atoms with Crippen LogP contribution in [-0.2, 0) is 10.8 Å². The molecule has 0 aliphatic heterocycles. The summed E-state index contributed by atoms with van der Waals surface area (Å²) in [6.07, 6.45) is 0. The van der Waals surface area contributed by atoms with Gasteiger partial charge in [-0.2, -0.15) is 0 Å². The first-order valence-corrected chi connectivity index (χ1v) is 24.5. The fraction of sp³-hybridized carbons (Fsp3) is 0.0308. The molecule has 2 aromatic heterocycles. The van der Waals surface area contributed by atoms with Gasteiger partial charge in [0.2, 0.25) is 0 Å². The van der Waals surface area contributed by atoms with Crippen molar-refractivity contribution >= 4 is 31.5 Å². The smallest absolute Gasteiger partial charge is 0.164 e. The second-order valence-electron chi connectivity index (χ2n) is 18.5. The number of aromatic nitrogens is 3. The predicted molar refractivity (Wildman–Crippen MR) is 283 cm³/mol. The van der Waals surface area contributed by atoms with Gasteiger partial charge in [-0.25, -0.2) is 15.0 Å². The third-order valence-electron chi connectivity index (χ3n) is 15.2. The highest BCUT2D eigenvalue weighted by atomic mass is 32.1. The lowest BCUT2D eigenvalue weighted by Crippen LogP contribution is -2.43. The van der Waals surface area contributed by atoms with Gasteiger partial charge in [-0.15, -0.1) is 11.3 Å². The summed E-state index contributed by atoms with van der Waals surface area (Å²) >= 11 is 1.90. The van der Waals surface area contributed by atoms with Gasteiger partial charge in [0.15, 0.2) is 17.5 Å². The Bertz CT molecular complexity index is 4000. The molecule has 2 spiro atoms. The molecule has 3 aliphatic carbocycles. The second-order valence-corrected chi connectivity index (χ2v) is 19.6. The number of thiophene rings is 1. The molecule has 320 valence electrons. The highest BCUT2D eigenvalue weighted by molar-refractivity contribution is 7.26. The van der Waals surface area contributed by atoms with E-state index < -0.39 is 10.8 Å². The van der Waals surface area contributed by atoms with E-state index in [0.29, 0.717) is 17.5 Å². The Balaban J connectivity index is 1.02. The molecule has 2 heterocycles. The first-order valence-electron chi connectivity index (χ1n) is 23.7. The van der Waals surface area contributed by atoms with Crippen molar-refractivity contribution in [3.8, 4) is 67.5 Å². The minimum absolute atomic E-state index is 0.511. The zero-order valence-corrected chi connectivity index (χ0v) is 38.1. The van der Waals surface area contributed by atoms with Crippen LogP contribution >= 0.6 is 11.3 Å². The molecule has 0 saturated heterocycles. The predicted octanol–water partition coefficient (Wildman–Crippen LogP) is 15.9. The summed E-state index contributed by atoms with van der Waals surface area (Å²) in [5, 5.41) is 2.57. The molecule has 0 bridgehead atoms. The molecular weight excluding hydrogens is 855 g/mol. The van der Waals surface area contributed by atoms with Gasteiger partial charge in [-0.05, 0) is 90.5 Å². The van der Waals surface area contributed by atoms with E-state index in [1.165, 1.54) is 86.9 Å². The summed E-state index contributed by atoms with van der Waals surface area (Å²) in [6.45, 7) is 0. The van der Waals surface area contributed by atoms with E-state index in [9.17, 15) is 0 Å². The van der Waals surface area contributed by atoms with E-state index in [4.69, 9.17) is 15.0 Å². The van der Waals surface area contributed by atoms with Crippen molar-refractivity contribution in [1.82, 2.24) is 15.0 Å². The van der Waals surface area contributed by atoms with Gasteiger partial charge in [0.1, 0.15) is 0 Å². The number of nitrogens with zero attached hydrogens (tertiary/aromatic N) is 3. The van der Waals surface area contributed by atoms with E-state index in [1.54, 1.807) is 0 Å². The third kappa shape index (κ3) is 5.19. The van der Waals surface area contributed by atoms with E-state index in [1.807, 2.05) is 29.5 Å². The molecule has 3 nitrogen and oxygen atoms in total. The van der Waals surface area contributed by atoms with Crippen LogP contribution in [0.25, 0.3) is 87.7 Å². The van der Waals surface area contributed by atoms with Crippen molar-refractivity contribution in [3.05, 3.63) is 281 Å². The van der Waals surface area contributed by atoms with Crippen LogP contribution in [0, 0.1) is 0 Å². The van der Waals surface area contributed by atoms with Crippen molar-refractivity contribution in [3.63, 3.8) is 0 Å². The summed E-state index contributed by atoms with van der Waals surface area (Å²) in [7, 11) is 0. The van der Waals surface area contributed by atoms with Gasteiger partial charge in [-0.3, -0.25) is 0 Å². The lowest BCUT2D eigenvalue weighted by molar-refractivity contribution is 0.633. The van der Waals surface area contributed by atoms with Crippen LogP contribution in [0.3, 0.4) is 0 Å². The molecule has 0 unspecified atom stereocenters. The lowest BCUT2D eigenvalue weighted by Gasteiger charge is -2.48. The Morgan fingerprint density at radius 3 is 1.36 bits per heavy atom. The Hall–Kier alpha value is -8.57. The quantitative estimate of drug-likeness (QED) is 0.177. The van der Waals surface area contributed by atoms with E-state index in [-0.39, 0.29) is 0 Å². The van der Waals surface area contributed by atoms with Crippen molar-refractivity contribution in [1.29, 1.82) is 0 Å². The van der Waals surface area contributed by atoms with Crippen LogP contribution in [0.5, 0.6) is 0 Å². The monoisotopic (exact) mass is 893 g/mol. The molecule has 10 aromatic carbocycles. The molecule has 0 atom stereocenters. The maximum absolute atomic E-state index is 5.36. The van der Waals surface area contributed by atoms with E-state index in [2.05, 4.69) is 218 Å². The van der Waals surface area contributed by atoms with Crippen LogP contribution in [0.4, 0.5) is 0 Å². The van der Waals surface area contributed by atoms with Gasteiger partial charge >= 0.3 is 0 Å². The highest BCUT2D eigenvalue weighted by Gasteiger charge is 2.59. The molecule has 0 saturated carbocycles. The Morgan fingerprint density at radius 2 is 0.725 bits per heavy atom. The molecule has 0 fully saturated rings. The molecule has 12 aromatic rings. The lowest BCUT2D eigenvalue weighted by atomic mass is 9.52. The van der Waals surface area contributed by atoms with Crippen LogP contribution in [0.15, 0.2) is 237 Å². The number of rotatable bonds is 4. The maximum Gasteiger partial charge on any atom is 0.164 e. The Morgan fingerprint density at radius 1 is 0.275 bits per heavy atom. The normalized spacial score (nSPS) is 14.0. The van der Waals surface area contributed by atoms with Gasteiger partial charge in [-0.1, -0.05) is 218 Å². The maximum atomic E-state index is 5.36. The topological polar surface area (TPSA) is 38.7 Å². The fourth-order valence-corrected chi connectivity index (χ4v) is 13.8. The number of hydrogen-bond acceptors (Lipinski definition) is 4. The molecule has 15 rings (SSSR count). The average molecular weight is 894 g/mol. The molecular formula is C65H39N3S. The van der Waals surface area contributed by atoms with E-state index >= 15 is 0 Å². The molecule has 4 heteroatoms. The first-order chi connectivity index (χ1) is 34.2. The van der Waals surface area contributed by atoms with Crippen LogP contribution in [0.1, 0.15) is 44.5 Å². The van der Waals surface area contributed by atoms with Gasteiger partial charge in [0, 0.05) is 42.4 Å². The Labute approximate surface area is 403 Å². The van der Waals surface area contributed by atoms with Crippen molar-refractivity contribution in [2.24, 2.45) is 0 Å². The molecule has 3 aliphatic rings. The zero-order chi connectivity index (χ0) is 45.3. The first kappa shape index (κ1) is 38.5. The summed E-state index contributed by atoms with van der Waals surface area (Å²) in [4.78, 5) is 15.8. The van der Waals surface area contributed by atoms with Crippen molar-refractivity contribution in [2.45, 2.75) is 10.8 Å². The summed E-state index contributed by atoms with van der Waals surface area (Å²) < 4.78 is 2.59. The van der Waals surface area contributed by atoms with Crippen molar-refractivity contribution in [2.75, 3.05) is 0 Å². The summed E-state index contributed by atoms with van der Waals surface area (Å²) in [5.41, 5.74) is 19.6. The zero-order valence-electron chi connectivity index (χ0n) is 37.3. The molecule has 0 N–H and O–H groups in total. The van der Waals surface area contributed by atoms with Crippen LogP contribution in [-0.4, -0.2) is 15.0 Å². The molecule has 69 heavy (non-hydrogen) atoms. The number of hydrogen-bond donors (Lipinski definition) is 0. The standard InChI is InChI=1S/C65H39N3S/c1-3-18-40(19-4-1)42-22-17-23-43(38-42)62-66-61(41-20-5-2-6-21-41)67-63(68-62)44-34-36-52-49(39-44)59-57(37-35-48-47-26-9-16-33-58(47)69-60(48)59)65(52)55-31-14-12-29-53(55)64(54-30-13-15-32-56(54)65)50-27-10-7-24-45(50)46-25-8-11-28-51(46)64/h1-39H. The van der Waals surface area contributed by atoms with Crippen molar-refractivity contribution < 1.29 is 0 Å². The van der Waals surface area contributed by atoms with Crippen LogP contribution < -0.4 is 0 Å². The summed E-state index contributed by atoms with van der Waals surface area (Å²) in [6, 6.07) is 86.9.